The number of anilines is 2. The summed E-state index contributed by atoms with van der Waals surface area (Å²) in [5.41, 5.74) is 6.98. The van der Waals surface area contributed by atoms with Gasteiger partial charge in [0.25, 0.3) is 0 Å². The molecule has 0 saturated heterocycles. The van der Waals surface area contributed by atoms with Crippen LogP contribution in [0.3, 0.4) is 0 Å². The fourth-order valence-electron chi connectivity index (χ4n) is 1.84. The average molecular weight is 234 g/mol. The van der Waals surface area contributed by atoms with Crippen molar-refractivity contribution >= 4 is 23.1 Å². The zero-order valence-electron chi connectivity index (χ0n) is 9.74. The molecule has 0 fully saturated rings. The molecule has 1 aromatic carbocycles. The van der Waals surface area contributed by atoms with E-state index in [0.717, 1.165) is 0 Å². The van der Waals surface area contributed by atoms with Gasteiger partial charge in [0.05, 0.1) is 17.7 Å². The highest BCUT2D eigenvalue weighted by molar-refractivity contribution is 6.03. The van der Waals surface area contributed by atoms with Crippen molar-refractivity contribution in [1.29, 1.82) is 0 Å². The number of ketones is 1. The van der Waals surface area contributed by atoms with Crippen molar-refractivity contribution < 1.29 is 14.3 Å². The molecule has 1 aromatic rings. The molecular weight excluding hydrogens is 220 g/mol. The van der Waals surface area contributed by atoms with Gasteiger partial charge in [-0.05, 0) is 26.0 Å². The molecule has 1 atom stereocenters. The molecule has 0 spiro atoms. The van der Waals surface area contributed by atoms with Gasteiger partial charge in [0.15, 0.2) is 11.5 Å². The molecule has 0 bridgehead atoms. The number of nitrogen functional groups attached to an aromatic ring is 1. The predicted octanol–water partition coefficient (Wildman–Crippen LogP) is 1.58. The molecule has 1 unspecified atom stereocenters. The lowest BCUT2D eigenvalue weighted by Crippen LogP contribution is -2.17. The lowest BCUT2D eigenvalue weighted by molar-refractivity contribution is -0.117. The van der Waals surface area contributed by atoms with E-state index in [-0.39, 0.29) is 24.2 Å². The maximum absolute atomic E-state index is 11.5. The minimum absolute atomic E-state index is 0.142. The van der Waals surface area contributed by atoms with Crippen LogP contribution in [-0.2, 0) is 4.79 Å². The summed E-state index contributed by atoms with van der Waals surface area (Å²) in [6.45, 7) is 3.23. The van der Waals surface area contributed by atoms with Crippen LogP contribution in [0.5, 0.6) is 5.75 Å². The van der Waals surface area contributed by atoms with Gasteiger partial charge in [-0.2, -0.15) is 0 Å². The molecule has 17 heavy (non-hydrogen) atoms. The quantitative estimate of drug-likeness (QED) is 0.571. The van der Waals surface area contributed by atoms with Crippen LogP contribution in [0.2, 0.25) is 0 Å². The van der Waals surface area contributed by atoms with Gasteiger partial charge in [0, 0.05) is 5.69 Å². The number of ether oxygens (including phenoxy) is 1. The third-order valence-corrected chi connectivity index (χ3v) is 2.56. The number of hydrogen-bond donors (Lipinski definition) is 2. The molecule has 90 valence electrons. The molecule has 3 N–H and O–H groups in total. The van der Waals surface area contributed by atoms with Gasteiger partial charge in [-0.25, -0.2) is 0 Å². The summed E-state index contributed by atoms with van der Waals surface area (Å²) in [5.74, 6) is 0.123. The molecule has 0 aromatic heterocycles. The van der Waals surface area contributed by atoms with E-state index in [1.54, 1.807) is 19.1 Å². The number of amides is 1. The van der Waals surface area contributed by atoms with E-state index in [9.17, 15) is 9.59 Å². The Morgan fingerprint density at radius 2 is 2.24 bits per heavy atom. The van der Waals surface area contributed by atoms with Crippen molar-refractivity contribution in [2.24, 2.45) is 0 Å². The Morgan fingerprint density at radius 1 is 1.53 bits per heavy atom. The van der Waals surface area contributed by atoms with E-state index in [0.29, 0.717) is 22.7 Å². The topological polar surface area (TPSA) is 81.4 Å². The third kappa shape index (κ3) is 2.22. The van der Waals surface area contributed by atoms with E-state index < -0.39 is 0 Å². The highest BCUT2D eigenvalue weighted by Gasteiger charge is 2.23. The zero-order valence-corrected chi connectivity index (χ0v) is 9.74. The van der Waals surface area contributed by atoms with Crippen LogP contribution in [0, 0.1) is 0 Å². The molecular formula is C12H14N2O3. The lowest BCUT2D eigenvalue weighted by Gasteiger charge is -2.15. The number of fused-ring (bicyclic) bond motifs is 1. The number of benzene rings is 1. The number of carbonyl (C=O) groups excluding carboxylic acids is 2. The molecule has 0 saturated carbocycles. The molecule has 0 aliphatic carbocycles. The first-order valence-electron chi connectivity index (χ1n) is 5.38. The average Bonchev–Trinajstić information content (AvgIpc) is 2.33. The second kappa shape index (κ2) is 4.08. The van der Waals surface area contributed by atoms with Crippen LogP contribution in [0.1, 0.15) is 30.6 Å². The van der Waals surface area contributed by atoms with Gasteiger partial charge in [0.2, 0.25) is 5.91 Å². The highest BCUT2D eigenvalue weighted by Crippen LogP contribution is 2.35. The van der Waals surface area contributed by atoms with E-state index >= 15 is 0 Å². The van der Waals surface area contributed by atoms with Crippen molar-refractivity contribution in [2.75, 3.05) is 11.1 Å². The zero-order chi connectivity index (χ0) is 12.6. The molecule has 5 heteroatoms. The Morgan fingerprint density at radius 3 is 2.88 bits per heavy atom. The Hall–Kier alpha value is -2.04. The van der Waals surface area contributed by atoms with E-state index in [1.165, 1.54) is 6.92 Å². The number of Topliss-reactive ketones (excluding diaryl/α,β-unsaturated/α-hetero) is 1. The summed E-state index contributed by atoms with van der Waals surface area (Å²) < 4.78 is 5.61. The van der Waals surface area contributed by atoms with Crippen LogP contribution < -0.4 is 15.8 Å². The van der Waals surface area contributed by atoms with Gasteiger partial charge in [0.1, 0.15) is 6.10 Å². The number of carbonyl (C=O) groups is 2. The van der Waals surface area contributed by atoms with Crippen LogP contribution in [0.4, 0.5) is 11.4 Å². The monoisotopic (exact) mass is 234 g/mol. The normalized spacial score (nSPS) is 18.7. The minimum Gasteiger partial charge on any atom is -0.487 e. The number of hydrogen-bond acceptors (Lipinski definition) is 4. The summed E-state index contributed by atoms with van der Waals surface area (Å²) in [4.78, 5) is 23.1. The van der Waals surface area contributed by atoms with Gasteiger partial charge in [-0.1, -0.05) is 0 Å². The van der Waals surface area contributed by atoms with E-state index in [1.807, 2.05) is 0 Å². The lowest BCUT2D eigenvalue weighted by atomic mass is 10.1. The Bertz CT molecular complexity index is 497. The number of rotatable bonds is 1. The fraction of sp³-hybridized carbons (Fsp3) is 0.333. The molecule has 5 nitrogen and oxygen atoms in total. The highest BCUT2D eigenvalue weighted by atomic mass is 16.5. The number of nitrogens with one attached hydrogen (secondary N) is 1. The smallest absolute Gasteiger partial charge is 0.228 e. The largest absolute Gasteiger partial charge is 0.487 e. The summed E-state index contributed by atoms with van der Waals surface area (Å²) >= 11 is 0. The molecule has 1 aliphatic rings. The predicted molar refractivity (Wildman–Crippen MR) is 64.2 cm³/mol. The van der Waals surface area contributed by atoms with Crippen molar-refractivity contribution in [3.05, 3.63) is 17.7 Å². The molecule has 1 aliphatic heterocycles. The maximum Gasteiger partial charge on any atom is 0.228 e. The van der Waals surface area contributed by atoms with Crippen molar-refractivity contribution in [3.63, 3.8) is 0 Å². The van der Waals surface area contributed by atoms with Crippen LogP contribution in [-0.4, -0.2) is 17.8 Å². The molecule has 1 amide bonds. The first-order valence-corrected chi connectivity index (χ1v) is 5.38. The maximum atomic E-state index is 11.5. The van der Waals surface area contributed by atoms with E-state index in [4.69, 9.17) is 10.5 Å². The second-order valence-corrected chi connectivity index (χ2v) is 4.18. The first-order chi connectivity index (χ1) is 7.97. The summed E-state index contributed by atoms with van der Waals surface area (Å²) in [5, 5.41) is 2.69. The summed E-state index contributed by atoms with van der Waals surface area (Å²) in [7, 11) is 0. The second-order valence-electron chi connectivity index (χ2n) is 4.18. The van der Waals surface area contributed by atoms with Gasteiger partial charge in [-0.15, -0.1) is 0 Å². The van der Waals surface area contributed by atoms with Crippen LogP contribution in [0.15, 0.2) is 12.1 Å². The van der Waals surface area contributed by atoms with Gasteiger partial charge in [-0.3, -0.25) is 9.59 Å². The Kier molecular flexibility index (Phi) is 2.75. The van der Waals surface area contributed by atoms with Gasteiger partial charge >= 0.3 is 0 Å². The van der Waals surface area contributed by atoms with Crippen LogP contribution in [0.25, 0.3) is 0 Å². The van der Waals surface area contributed by atoms with Gasteiger partial charge < -0.3 is 15.8 Å². The fourth-order valence-corrected chi connectivity index (χ4v) is 1.84. The first kappa shape index (κ1) is 11.4. The van der Waals surface area contributed by atoms with Crippen molar-refractivity contribution in [2.45, 2.75) is 26.4 Å². The Balaban J connectivity index is 2.59. The molecule has 1 heterocycles. The third-order valence-electron chi connectivity index (χ3n) is 2.56. The summed E-state index contributed by atoms with van der Waals surface area (Å²) in [6, 6.07) is 3.16. The standard InChI is InChI=1S/C12H14N2O3/c1-6-3-11(16)14-10-5-8(13)4-9(7(2)15)12(10)17-6/h4-6H,3,13H2,1-2H3,(H,14,16). The SMILES string of the molecule is CC(=O)c1cc(N)cc2c1OC(C)CC(=O)N2. The van der Waals surface area contributed by atoms with Crippen LogP contribution >= 0.6 is 0 Å². The Labute approximate surface area is 98.9 Å². The van der Waals surface area contributed by atoms with E-state index in [2.05, 4.69) is 5.32 Å². The summed E-state index contributed by atoms with van der Waals surface area (Å²) in [6.07, 6.45) is -0.00988. The van der Waals surface area contributed by atoms with Crippen molar-refractivity contribution in [1.82, 2.24) is 0 Å². The molecule has 2 rings (SSSR count). The molecule has 0 radical (unpaired) electrons. The van der Waals surface area contributed by atoms with Crippen molar-refractivity contribution in [3.8, 4) is 5.75 Å². The number of nitrogens with two attached hydrogens (primary N) is 1. The minimum atomic E-state index is -0.266.